The maximum atomic E-state index is 10.6. The average Bonchev–Trinajstić information content (AvgIpc) is 2.96. The van der Waals surface area contributed by atoms with Crippen LogP contribution in [0.25, 0.3) is 11.0 Å². The van der Waals surface area contributed by atoms with Gasteiger partial charge in [-0.15, -0.1) is 0 Å². The molecule has 0 saturated carbocycles. The second-order valence-corrected chi connectivity index (χ2v) is 6.88. The van der Waals surface area contributed by atoms with Gasteiger partial charge < -0.3 is 19.4 Å². The molecule has 3 rings (SSSR count). The lowest BCUT2D eigenvalue weighted by Crippen LogP contribution is -2.09. The average molecular weight is 389 g/mol. The molecule has 3 aromatic rings. The van der Waals surface area contributed by atoms with Gasteiger partial charge in [-0.05, 0) is 42.7 Å². The molecule has 0 saturated heterocycles. The Morgan fingerprint density at radius 1 is 1.26 bits per heavy atom. The summed E-state index contributed by atoms with van der Waals surface area (Å²) in [4.78, 5) is 10.6. The van der Waals surface area contributed by atoms with E-state index in [1.165, 1.54) is 0 Å². The van der Waals surface area contributed by atoms with Crippen LogP contribution in [0.15, 0.2) is 34.7 Å². The van der Waals surface area contributed by atoms with Crippen LogP contribution >= 0.6 is 11.6 Å². The number of carbonyl (C=O) groups is 1. The van der Waals surface area contributed by atoms with Crippen molar-refractivity contribution in [2.75, 3.05) is 6.61 Å². The molecule has 1 heterocycles. The van der Waals surface area contributed by atoms with Crippen LogP contribution < -0.4 is 4.74 Å². The van der Waals surface area contributed by atoms with E-state index in [1.54, 1.807) is 18.2 Å². The Labute approximate surface area is 162 Å². The second-order valence-electron chi connectivity index (χ2n) is 6.47. The van der Waals surface area contributed by atoms with Crippen molar-refractivity contribution >= 4 is 28.5 Å². The van der Waals surface area contributed by atoms with Gasteiger partial charge in [0.25, 0.3) is 0 Å². The fourth-order valence-corrected chi connectivity index (χ4v) is 3.39. The number of furan rings is 1. The molecule has 0 radical (unpaired) electrons. The summed E-state index contributed by atoms with van der Waals surface area (Å²) < 4.78 is 11.1. The first-order chi connectivity index (χ1) is 12.9. The fourth-order valence-electron chi connectivity index (χ4n) is 3.12. The van der Waals surface area contributed by atoms with Gasteiger partial charge >= 0.3 is 5.97 Å². The van der Waals surface area contributed by atoms with Crippen molar-refractivity contribution in [1.82, 2.24) is 0 Å². The molecule has 0 bridgehead atoms. The Balaban J connectivity index is 1.89. The van der Waals surface area contributed by atoms with Crippen molar-refractivity contribution in [1.29, 1.82) is 0 Å². The molecular weight excluding hydrogens is 368 g/mol. The number of phenolic OH excluding ortho intramolecular Hbond substituents is 1. The zero-order valence-electron chi connectivity index (χ0n) is 15.2. The standard InChI is InChI=1S/C21H21ClO5/c1-3-4-14-10-16(22)21-19(20(14)25)12(2)17(27-21)9-13-5-7-15(8-6-13)26-11-18(23)24/h5-8,10,25H,3-4,9,11H2,1-2H3,(H,23,24). The number of ether oxygens (including phenoxy) is 1. The quantitative estimate of drug-likeness (QED) is 0.588. The van der Waals surface area contributed by atoms with Gasteiger partial charge in [-0.3, -0.25) is 0 Å². The molecule has 0 amide bonds. The summed E-state index contributed by atoms with van der Waals surface area (Å²) in [6.07, 6.45) is 2.19. The maximum Gasteiger partial charge on any atom is 0.341 e. The molecule has 27 heavy (non-hydrogen) atoms. The van der Waals surface area contributed by atoms with Gasteiger partial charge in [-0.25, -0.2) is 4.79 Å². The molecule has 5 nitrogen and oxygen atoms in total. The van der Waals surface area contributed by atoms with Gasteiger partial charge in [0.2, 0.25) is 0 Å². The topological polar surface area (TPSA) is 79.9 Å². The highest BCUT2D eigenvalue weighted by molar-refractivity contribution is 6.35. The molecule has 0 aliphatic heterocycles. The van der Waals surface area contributed by atoms with E-state index in [-0.39, 0.29) is 12.4 Å². The van der Waals surface area contributed by atoms with Crippen LogP contribution in [0.3, 0.4) is 0 Å². The summed E-state index contributed by atoms with van der Waals surface area (Å²) in [5.41, 5.74) is 3.17. The van der Waals surface area contributed by atoms with Crippen LogP contribution in [0.4, 0.5) is 0 Å². The third-order valence-electron chi connectivity index (χ3n) is 4.47. The molecular formula is C21H21ClO5. The Morgan fingerprint density at radius 3 is 2.59 bits per heavy atom. The first-order valence-electron chi connectivity index (χ1n) is 8.76. The molecule has 2 aromatic carbocycles. The van der Waals surface area contributed by atoms with Crippen LogP contribution in [0.2, 0.25) is 5.02 Å². The van der Waals surface area contributed by atoms with Crippen molar-refractivity contribution in [2.45, 2.75) is 33.1 Å². The lowest BCUT2D eigenvalue weighted by atomic mass is 10.0. The summed E-state index contributed by atoms with van der Waals surface area (Å²) in [5.74, 6) is 0.444. The summed E-state index contributed by atoms with van der Waals surface area (Å²) in [7, 11) is 0. The lowest BCUT2D eigenvalue weighted by Gasteiger charge is -2.06. The van der Waals surface area contributed by atoms with Crippen molar-refractivity contribution in [3.63, 3.8) is 0 Å². The number of carboxylic acid groups (broad SMARTS) is 1. The molecule has 2 N–H and O–H groups in total. The van der Waals surface area contributed by atoms with E-state index in [0.717, 1.165) is 35.3 Å². The predicted octanol–water partition coefficient (Wildman–Crippen LogP) is 5.11. The van der Waals surface area contributed by atoms with Gasteiger partial charge in [0.15, 0.2) is 12.2 Å². The van der Waals surface area contributed by atoms with Crippen molar-refractivity contribution in [3.8, 4) is 11.5 Å². The minimum Gasteiger partial charge on any atom is -0.507 e. The summed E-state index contributed by atoms with van der Waals surface area (Å²) in [6.45, 7) is 3.59. The normalized spacial score (nSPS) is 11.1. The molecule has 0 atom stereocenters. The van der Waals surface area contributed by atoms with Crippen LogP contribution in [0.1, 0.15) is 35.8 Å². The predicted molar refractivity (Wildman–Crippen MR) is 104 cm³/mol. The van der Waals surface area contributed by atoms with E-state index in [1.807, 2.05) is 19.1 Å². The van der Waals surface area contributed by atoms with E-state index < -0.39 is 5.97 Å². The van der Waals surface area contributed by atoms with Gasteiger partial charge in [0, 0.05) is 12.0 Å². The van der Waals surface area contributed by atoms with Gasteiger partial charge in [-0.1, -0.05) is 37.1 Å². The molecule has 0 unspecified atom stereocenters. The second kappa shape index (κ2) is 7.92. The highest BCUT2D eigenvalue weighted by Crippen LogP contribution is 2.40. The van der Waals surface area contributed by atoms with E-state index in [0.29, 0.717) is 28.2 Å². The summed E-state index contributed by atoms with van der Waals surface area (Å²) >= 11 is 6.37. The van der Waals surface area contributed by atoms with E-state index in [9.17, 15) is 9.90 Å². The number of aryl methyl sites for hydroxylation is 2. The number of fused-ring (bicyclic) bond motifs is 1. The number of aromatic hydroxyl groups is 1. The van der Waals surface area contributed by atoms with Gasteiger partial charge in [0.05, 0.1) is 10.4 Å². The third-order valence-corrected chi connectivity index (χ3v) is 4.75. The molecule has 0 spiro atoms. The van der Waals surface area contributed by atoms with E-state index in [2.05, 4.69) is 6.92 Å². The number of halogens is 1. The monoisotopic (exact) mass is 388 g/mol. The Morgan fingerprint density at radius 2 is 1.96 bits per heavy atom. The third kappa shape index (κ3) is 4.03. The number of phenols is 1. The summed E-state index contributed by atoms with van der Waals surface area (Å²) in [5, 5.41) is 20.4. The van der Waals surface area contributed by atoms with Crippen LogP contribution in [0, 0.1) is 6.92 Å². The molecule has 1 aromatic heterocycles. The van der Waals surface area contributed by atoms with Crippen molar-refractivity contribution in [3.05, 3.63) is 57.8 Å². The molecule has 0 aliphatic rings. The molecule has 142 valence electrons. The molecule has 0 fully saturated rings. The molecule has 0 aliphatic carbocycles. The number of aliphatic carboxylic acids is 1. The number of rotatable bonds is 7. The van der Waals surface area contributed by atoms with Gasteiger partial charge in [-0.2, -0.15) is 0 Å². The Hall–Kier alpha value is -2.66. The van der Waals surface area contributed by atoms with Crippen molar-refractivity contribution in [2.24, 2.45) is 0 Å². The SMILES string of the molecule is CCCc1cc(Cl)c2oc(Cc3ccc(OCC(=O)O)cc3)c(C)c2c1O. The Bertz CT molecular complexity index is 973. The maximum absolute atomic E-state index is 10.6. The number of hydrogen-bond acceptors (Lipinski definition) is 4. The van der Waals surface area contributed by atoms with Gasteiger partial charge in [0.1, 0.15) is 17.3 Å². The first-order valence-corrected chi connectivity index (χ1v) is 9.14. The highest BCUT2D eigenvalue weighted by atomic mass is 35.5. The zero-order chi connectivity index (χ0) is 19.6. The highest BCUT2D eigenvalue weighted by Gasteiger charge is 2.19. The smallest absolute Gasteiger partial charge is 0.341 e. The fraction of sp³-hybridized carbons (Fsp3) is 0.286. The van der Waals surface area contributed by atoms with E-state index in [4.69, 9.17) is 25.9 Å². The lowest BCUT2D eigenvalue weighted by molar-refractivity contribution is -0.139. The molecule has 6 heteroatoms. The van der Waals surface area contributed by atoms with Crippen LogP contribution in [0.5, 0.6) is 11.5 Å². The van der Waals surface area contributed by atoms with E-state index >= 15 is 0 Å². The zero-order valence-corrected chi connectivity index (χ0v) is 16.0. The summed E-state index contributed by atoms with van der Waals surface area (Å²) in [6, 6.07) is 8.92. The Kier molecular flexibility index (Phi) is 5.61. The largest absolute Gasteiger partial charge is 0.507 e. The minimum absolute atomic E-state index is 0.237. The van der Waals surface area contributed by atoms with Crippen molar-refractivity contribution < 1.29 is 24.2 Å². The first kappa shape index (κ1) is 19.1. The number of hydrogen-bond donors (Lipinski definition) is 2. The number of benzene rings is 2. The van der Waals surface area contributed by atoms with Crippen LogP contribution in [-0.2, 0) is 17.6 Å². The number of carboxylic acids is 1. The minimum atomic E-state index is -1.02. The van der Waals surface area contributed by atoms with Crippen LogP contribution in [-0.4, -0.2) is 22.8 Å².